The lowest BCUT2D eigenvalue weighted by Crippen LogP contribution is -2.47. The predicted molar refractivity (Wildman–Crippen MR) is 85.9 cm³/mol. The van der Waals surface area contributed by atoms with E-state index in [0.717, 1.165) is 25.7 Å². The number of amides is 1. The molecule has 1 fully saturated rings. The van der Waals surface area contributed by atoms with Gasteiger partial charge in [-0.2, -0.15) is 4.72 Å². The molecule has 1 aliphatic carbocycles. The number of carbonyl (C=O) groups is 1. The van der Waals surface area contributed by atoms with Crippen LogP contribution in [0.4, 0.5) is 0 Å². The van der Waals surface area contributed by atoms with Gasteiger partial charge in [-0.15, -0.1) is 0 Å². The van der Waals surface area contributed by atoms with E-state index in [0.29, 0.717) is 0 Å². The van der Waals surface area contributed by atoms with Gasteiger partial charge in [-0.25, -0.2) is 8.42 Å². The Kier molecular flexibility index (Phi) is 5.97. The normalized spacial score (nSPS) is 18.4. The Labute approximate surface area is 132 Å². The summed E-state index contributed by atoms with van der Waals surface area (Å²) in [4.78, 5) is 12.4. The fourth-order valence-corrected chi connectivity index (χ4v) is 3.93. The van der Waals surface area contributed by atoms with Gasteiger partial charge in [-0.1, -0.05) is 43.9 Å². The van der Waals surface area contributed by atoms with Crippen molar-refractivity contribution in [3.63, 3.8) is 0 Å². The van der Waals surface area contributed by atoms with E-state index in [1.54, 1.807) is 25.1 Å². The van der Waals surface area contributed by atoms with Crippen molar-refractivity contribution in [2.24, 2.45) is 0 Å². The fourth-order valence-electron chi connectivity index (χ4n) is 2.70. The second kappa shape index (κ2) is 7.74. The molecule has 1 aliphatic rings. The van der Waals surface area contributed by atoms with E-state index in [2.05, 4.69) is 10.0 Å². The Balaban J connectivity index is 1.93. The first-order valence-corrected chi connectivity index (χ1v) is 9.35. The summed E-state index contributed by atoms with van der Waals surface area (Å²) in [6.45, 7) is 1.58. The molecule has 1 atom stereocenters. The van der Waals surface area contributed by atoms with E-state index >= 15 is 0 Å². The molecular weight excluding hydrogens is 300 g/mol. The zero-order chi connectivity index (χ0) is 16.0. The summed E-state index contributed by atoms with van der Waals surface area (Å²) in [5.74, 6) is -0.258. The summed E-state index contributed by atoms with van der Waals surface area (Å²) in [6.07, 6.45) is 6.61. The van der Waals surface area contributed by atoms with Crippen molar-refractivity contribution in [2.75, 3.05) is 0 Å². The van der Waals surface area contributed by atoms with Crippen molar-refractivity contribution < 1.29 is 13.2 Å². The molecule has 1 unspecified atom stereocenters. The average Bonchev–Trinajstić information content (AvgIpc) is 2.76. The molecule has 1 amide bonds. The third-order valence-electron chi connectivity index (χ3n) is 3.98. The minimum absolute atomic E-state index is 0.165. The number of benzene rings is 1. The van der Waals surface area contributed by atoms with Gasteiger partial charge in [0.2, 0.25) is 15.9 Å². The highest BCUT2D eigenvalue weighted by atomic mass is 32.2. The zero-order valence-electron chi connectivity index (χ0n) is 12.9. The lowest BCUT2D eigenvalue weighted by molar-refractivity contribution is -0.123. The lowest BCUT2D eigenvalue weighted by Gasteiger charge is -2.20. The van der Waals surface area contributed by atoms with Crippen LogP contribution >= 0.6 is 0 Å². The Morgan fingerprint density at radius 1 is 1.09 bits per heavy atom. The third-order valence-corrected chi connectivity index (χ3v) is 5.54. The zero-order valence-corrected chi connectivity index (χ0v) is 13.7. The smallest absolute Gasteiger partial charge is 0.241 e. The molecule has 6 heteroatoms. The maximum atomic E-state index is 12.2. The van der Waals surface area contributed by atoms with Gasteiger partial charge in [0, 0.05) is 6.04 Å². The van der Waals surface area contributed by atoms with Crippen LogP contribution < -0.4 is 10.0 Å². The molecule has 1 saturated carbocycles. The maximum absolute atomic E-state index is 12.2. The number of sulfonamides is 1. The molecule has 0 saturated heterocycles. The van der Waals surface area contributed by atoms with Gasteiger partial charge >= 0.3 is 0 Å². The van der Waals surface area contributed by atoms with Gasteiger partial charge in [-0.3, -0.25) is 4.79 Å². The van der Waals surface area contributed by atoms with E-state index in [1.165, 1.54) is 25.0 Å². The van der Waals surface area contributed by atoms with Crippen molar-refractivity contribution >= 4 is 15.9 Å². The third kappa shape index (κ3) is 4.81. The summed E-state index contributed by atoms with van der Waals surface area (Å²) < 4.78 is 26.8. The van der Waals surface area contributed by atoms with E-state index in [1.807, 2.05) is 0 Å². The topological polar surface area (TPSA) is 75.3 Å². The first-order chi connectivity index (χ1) is 10.5. The molecule has 0 spiro atoms. The highest BCUT2D eigenvalue weighted by molar-refractivity contribution is 7.89. The first-order valence-electron chi connectivity index (χ1n) is 7.87. The molecule has 2 rings (SSSR count). The summed E-state index contributed by atoms with van der Waals surface area (Å²) in [6, 6.07) is 7.47. The first kappa shape index (κ1) is 17.0. The van der Waals surface area contributed by atoms with Crippen LogP contribution in [0.25, 0.3) is 0 Å². The van der Waals surface area contributed by atoms with Gasteiger partial charge in [0.25, 0.3) is 0 Å². The molecule has 0 aromatic heterocycles. The van der Waals surface area contributed by atoms with Crippen molar-refractivity contribution in [3.05, 3.63) is 30.3 Å². The number of carbonyl (C=O) groups excluding carboxylic acids is 1. The van der Waals surface area contributed by atoms with Crippen molar-refractivity contribution in [3.8, 4) is 0 Å². The van der Waals surface area contributed by atoms with E-state index in [-0.39, 0.29) is 16.8 Å². The van der Waals surface area contributed by atoms with E-state index in [9.17, 15) is 13.2 Å². The average molecular weight is 324 g/mol. The number of nitrogens with one attached hydrogen (secondary N) is 2. The molecule has 0 radical (unpaired) electrons. The van der Waals surface area contributed by atoms with Crippen molar-refractivity contribution in [2.45, 2.75) is 62.4 Å². The molecule has 1 aromatic carbocycles. The molecular formula is C16H24N2O3S. The number of rotatable bonds is 5. The second-order valence-corrected chi connectivity index (χ2v) is 7.57. The quantitative estimate of drug-likeness (QED) is 0.815. The molecule has 22 heavy (non-hydrogen) atoms. The van der Waals surface area contributed by atoms with Crippen LogP contribution in [0.2, 0.25) is 0 Å². The summed E-state index contributed by atoms with van der Waals surface area (Å²) in [5, 5.41) is 2.97. The van der Waals surface area contributed by atoms with Gasteiger partial charge in [0.1, 0.15) is 0 Å². The van der Waals surface area contributed by atoms with E-state index < -0.39 is 16.1 Å². The molecule has 2 N–H and O–H groups in total. The SMILES string of the molecule is CC(NS(=O)(=O)c1ccccc1)C(=O)NC1CCCCCC1. The standard InChI is InChI=1S/C16H24N2O3S/c1-13(16(19)17-14-9-5-2-3-6-10-14)18-22(20,21)15-11-7-4-8-12-15/h4,7-8,11-14,18H,2-3,5-6,9-10H2,1H3,(H,17,19). The van der Waals surface area contributed by atoms with Crippen LogP contribution in [0.1, 0.15) is 45.4 Å². The van der Waals surface area contributed by atoms with Crippen LogP contribution in [-0.4, -0.2) is 26.4 Å². The molecule has 0 heterocycles. The van der Waals surface area contributed by atoms with Crippen molar-refractivity contribution in [1.82, 2.24) is 10.0 Å². The Morgan fingerprint density at radius 3 is 2.27 bits per heavy atom. The van der Waals surface area contributed by atoms with Crippen LogP contribution in [0, 0.1) is 0 Å². The lowest BCUT2D eigenvalue weighted by atomic mass is 10.1. The Morgan fingerprint density at radius 2 is 1.68 bits per heavy atom. The number of hydrogen-bond acceptors (Lipinski definition) is 3. The highest BCUT2D eigenvalue weighted by Crippen LogP contribution is 2.17. The molecule has 122 valence electrons. The van der Waals surface area contributed by atoms with Crippen LogP contribution in [-0.2, 0) is 14.8 Å². The van der Waals surface area contributed by atoms with Crippen LogP contribution in [0.15, 0.2) is 35.2 Å². The maximum Gasteiger partial charge on any atom is 0.241 e. The summed E-state index contributed by atoms with van der Waals surface area (Å²) in [5.41, 5.74) is 0. The molecule has 0 aliphatic heterocycles. The Bertz CT molecular complexity index is 579. The van der Waals surface area contributed by atoms with Crippen LogP contribution in [0.3, 0.4) is 0 Å². The van der Waals surface area contributed by atoms with Gasteiger partial charge < -0.3 is 5.32 Å². The number of hydrogen-bond donors (Lipinski definition) is 2. The molecule has 5 nitrogen and oxygen atoms in total. The fraction of sp³-hybridized carbons (Fsp3) is 0.562. The molecule has 1 aromatic rings. The van der Waals surface area contributed by atoms with Gasteiger partial charge in [0.05, 0.1) is 10.9 Å². The van der Waals surface area contributed by atoms with Crippen molar-refractivity contribution in [1.29, 1.82) is 0 Å². The summed E-state index contributed by atoms with van der Waals surface area (Å²) in [7, 11) is -3.66. The van der Waals surface area contributed by atoms with E-state index in [4.69, 9.17) is 0 Å². The van der Waals surface area contributed by atoms with Gasteiger partial charge in [-0.05, 0) is 31.9 Å². The Hall–Kier alpha value is -1.40. The summed E-state index contributed by atoms with van der Waals surface area (Å²) >= 11 is 0. The molecule has 0 bridgehead atoms. The minimum atomic E-state index is -3.66. The second-order valence-electron chi connectivity index (χ2n) is 5.85. The van der Waals surface area contributed by atoms with Gasteiger partial charge in [0.15, 0.2) is 0 Å². The van der Waals surface area contributed by atoms with Crippen LogP contribution in [0.5, 0.6) is 0 Å². The highest BCUT2D eigenvalue weighted by Gasteiger charge is 2.23. The largest absolute Gasteiger partial charge is 0.352 e. The predicted octanol–water partition coefficient (Wildman–Crippen LogP) is 2.19. The monoisotopic (exact) mass is 324 g/mol. The minimum Gasteiger partial charge on any atom is -0.352 e.